The summed E-state index contributed by atoms with van der Waals surface area (Å²) in [6.45, 7) is 4.51. The molecule has 0 aliphatic heterocycles. The topological polar surface area (TPSA) is 108 Å². The quantitative estimate of drug-likeness (QED) is 0.0278. The number of carbonyl (C=O) groups excluding carboxylic acids is 2. The van der Waals surface area contributed by atoms with Crippen LogP contribution in [0, 0.1) is 0 Å². The number of carbonyl (C=O) groups is 2. The normalized spacial score (nSPS) is 13.2. The summed E-state index contributed by atoms with van der Waals surface area (Å²) in [5.41, 5.74) is 0. The molecule has 68 heavy (non-hydrogen) atoms. The molecule has 1 N–H and O–H groups in total. The average molecular weight is 988 g/mol. The summed E-state index contributed by atoms with van der Waals surface area (Å²) in [6, 6.07) is 0. The predicted molar refractivity (Wildman–Crippen MR) is 289 cm³/mol. The molecule has 0 saturated carbocycles. The summed E-state index contributed by atoms with van der Waals surface area (Å²) in [7, 11) is 1.50. The number of unbranched alkanes of at least 4 members (excludes halogenated alkanes) is 42. The van der Waals surface area contributed by atoms with E-state index in [0.29, 0.717) is 17.4 Å². The van der Waals surface area contributed by atoms with E-state index < -0.39 is 26.5 Å². The van der Waals surface area contributed by atoms with Crippen molar-refractivity contribution < 1.29 is 42.1 Å². The summed E-state index contributed by atoms with van der Waals surface area (Å²) in [4.78, 5) is 35.7. The van der Waals surface area contributed by atoms with Gasteiger partial charge < -0.3 is 18.9 Å². The molecule has 0 rings (SSSR count). The van der Waals surface area contributed by atoms with Gasteiger partial charge in [0.05, 0.1) is 27.7 Å². The Morgan fingerprint density at radius 3 is 0.941 bits per heavy atom. The molecule has 0 saturated heterocycles. The zero-order valence-corrected chi connectivity index (χ0v) is 47.0. The maximum Gasteiger partial charge on any atom is 0.472 e. The summed E-state index contributed by atoms with van der Waals surface area (Å²) in [5, 5.41) is 0. The Hall–Kier alpha value is -0.990. The van der Waals surface area contributed by atoms with E-state index in [-0.39, 0.29) is 25.6 Å². The maximum absolute atomic E-state index is 12.8. The highest BCUT2D eigenvalue weighted by Gasteiger charge is 2.27. The van der Waals surface area contributed by atoms with E-state index in [1.54, 1.807) is 0 Å². The molecule has 2 atom stereocenters. The summed E-state index contributed by atoms with van der Waals surface area (Å²) < 4.78 is 34.6. The molecular weight excluding hydrogens is 870 g/mol. The van der Waals surface area contributed by atoms with Crippen molar-refractivity contribution in [3.05, 3.63) is 0 Å². The standard InChI is InChI=1S/C58H116NO8P/c1-6-8-10-12-14-16-18-20-22-24-26-28-29-31-32-34-36-38-40-42-44-46-48-50-57(60)64-54-56(55-66-68(62,63)65-53-52-59(3,4)5)67-58(61)51-49-47-45-43-41-39-37-35-33-30-27-25-23-21-19-17-15-13-11-9-7-2/h56H,6-55H2,1-5H3/p+1. The van der Waals surface area contributed by atoms with Gasteiger partial charge >= 0.3 is 19.8 Å². The summed E-state index contributed by atoms with van der Waals surface area (Å²) in [5.74, 6) is -0.772. The molecule has 9 nitrogen and oxygen atoms in total. The smallest absolute Gasteiger partial charge is 0.462 e. The number of rotatable bonds is 56. The van der Waals surface area contributed by atoms with Gasteiger partial charge in [-0.05, 0) is 12.8 Å². The third-order valence-corrected chi connectivity index (χ3v) is 14.6. The Morgan fingerprint density at radius 1 is 0.397 bits per heavy atom. The molecule has 0 radical (unpaired) electrons. The minimum absolute atomic E-state index is 0.0375. The fourth-order valence-corrected chi connectivity index (χ4v) is 9.76. The number of hydrogen-bond donors (Lipinski definition) is 1. The summed E-state index contributed by atoms with van der Waals surface area (Å²) >= 11 is 0. The lowest BCUT2D eigenvalue weighted by Gasteiger charge is -2.24. The first-order valence-electron chi connectivity index (χ1n) is 29.8. The Morgan fingerprint density at radius 2 is 0.662 bits per heavy atom. The molecule has 0 spiro atoms. The van der Waals surface area contributed by atoms with Crippen LogP contribution in [0.15, 0.2) is 0 Å². The van der Waals surface area contributed by atoms with Crippen molar-refractivity contribution in [2.75, 3.05) is 47.5 Å². The highest BCUT2D eigenvalue weighted by atomic mass is 31.2. The largest absolute Gasteiger partial charge is 0.472 e. The molecule has 0 aromatic heterocycles. The lowest BCUT2D eigenvalue weighted by molar-refractivity contribution is -0.870. The van der Waals surface area contributed by atoms with Gasteiger partial charge in [-0.3, -0.25) is 18.6 Å². The van der Waals surface area contributed by atoms with Crippen molar-refractivity contribution >= 4 is 19.8 Å². The van der Waals surface area contributed by atoms with Crippen LogP contribution < -0.4 is 0 Å². The number of quaternary nitrogens is 1. The monoisotopic (exact) mass is 987 g/mol. The zero-order chi connectivity index (χ0) is 49.9. The van der Waals surface area contributed by atoms with Crippen LogP contribution in [0.3, 0.4) is 0 Å². The fraction of sp³-hybridized carbons (Fsp3) is 0.966. The third kappa shape index (κ3) is 54.3. The molecule has 10 heteroatoms. The van der Waals surface area contributed by atoms with Crippen LogP contribution >= 0.6 is 7.82 Å². The van der Waals surface area contributed by atoms with Crippen LogP contribution in [0.2, 0.25) is 0 Å². The van der Waals surface area contributed by atoms with E-state index in [4.69, 9.17) is 18.5 Å². The lowest BCUT2D eigenvalue weighted by atomic mass is 10.0. The van der Waals surface area contributed by atoms with Crippen molar-refractivity contribution in [1.82, 2.24) is 0 Å². The molecule has 406 valence electrons. The Labute approximate surface area is 423 Å². The van der Waals surface area contributed by atoms with E-state index in [2.05, 4.69) is 13.8 Å². The van der Waals surface area contributed by atoms with Crippen LogP contribution in [0.4, 0.5) is 0 Å². The molecule has 0 aromatic rings. The Balaban J connectivity index is 4.09. The van der Waals surface area contributed by atoms with Gasteiger partial charge in [-0.2, -0.15) is 0 Å². The van der Waals surface area contributed by atoms with Gasteiger partial charge in [-0.15, -0.1) is 0 Å². The highest BCUT2D eigenvalue weighted by Crippen LogP contribution is 2.43. The Bertz CT molecular complexity index is 1120. The molecule has 0 amide bonds. The van der Waals surface area contributed by atoms with Crippen molar-refractivity contribution in [2.45, 2.75) is 315 Å². The SMILES string of the molecule is CCCCCCCCCCCCCCCCCCCCCCCCCC(=O)OCC(COP(=O)(O)OCC[N+](C)(C)C)OC(=O)CCCCCCCCCCCCCCCCCCCCCCC. The first-order valence-corrected chi connectivity index (χ1v) is 31.3. The maximum atomic E-state index is 12.8. The van der Waals surface area contributed by atoms with Gasteiger partial charge in [0.2, 0.25) is 0 Å². The van der Waals surface area contributed by atoms with Gasteiger partial charge in [-0.1, -0.05) is 284 Å². The van der Waals surface area contributed by atoms with Crippen molar-refractivity contribution in [2.24, 2.45) is 0 Å². The number of likely N-dealkylation sites (N-methyl/N-ethyl adjacent to an activating group) is 1. The first kappa shape index (κ1) is 67.0. The van der Waals surface area contributed by atoms with E-state index in [9.17, 15) is 19.0 Å². The van der Waals surface area contributed by atoms with Crippen LogP contribution in [0.25, 0.3) is 0 Å². The van der Waals surface area contributed by atoms with E-state index in [0.717, 1.165) is 38.5 Å². The number of nitrogens with zero attached hydrogens (tertiary/aromatic N) is 1. The van der Waals surface area contributed by atoms with Crippen LogP contribution in [-0.2, 0) is 32.7 Å². The van der Waals surface area contributed by atoms with Gasteiger partial charge in [-0.25, -0.2) is 4.57 Å². The number of phosphoric acid groups is 1. The van der Waals surface area contributed by atoms with Crippen molar-refractivity contribution in [3.8, 4) is 0 Å². The van der Waals surface area contributed by atoms with Gasteiger partial charge in [0.15, 0.2) is 6.10 Å². The Kier molecular flexibility index (Phi) is 50.2. The number of hydrogen-bond acceptors (Lipinski definition) is 7. The fourth-order valence-electron chi connectivity index (χ4n) is 9.02. The van der Waals surface area contributed by atoms with Gasteiger partial charge in [0, 0.05) is 12.8 Å². The molecular formula is C58H117NO8P+. The summed E-state index contributed by atoms with van der Waals surface area (Å²) in [6.07, 6.45) is 57.4. The molecule has 0 aromatic carbocycles. The minimum Gasteiger partial charge on any atom is -0.462 e. The van der Waals surface area contributed by atoms with Crippen LogP contribution in [0.1, 0.15) is 309 Å². The van der Waals surface area contributed by atoms with Gasteiger partial charge in [0.1, 0.15) is 19.8 Å². The first-order chi connectivity index (χ1) is 33.0. The second-order valence-corrected chi connectivity index (χ2v) is 23.2. The van der Waals surface area contributed by atoms with E-state index in [1.165, 1.54) is 244 Å². The molecule has 0 bridgehead atoms. The highest BCUT2D eigenvalue weighted by molar-refractivity contribution is 7.47. The van der Waals surface area contributed by atoms with Crippen LogP contribution in [0.5, 0.6) is 0 Å². The predicted octanol–water partition coefficient (Wildman–Crippen LogP) is 18.3. The third-order valence-electron chi connectivity index (χ3n) is 13.6. The number of ether oxygens (including phenoxy) is 2. The van der Waals surface area contributed by atoms with E-state index >= 15 is 0 Å². The molecule has 2 unspecified atom stereocenters. The van der Waals surface area contributed by atoms with Gasteiger partial charge in [0.25, 0.3) is 0 Å². The number of phosphoric ester groups is 1. The second-order valence-electron chi connectivity index (χ2n) is 21.8. The average Bonchev–Trinajstić information content (AvgIpc) is 3.30. The molecule has 0 aliphatic carbocycles. The van der Waals surface area contributed by atoms with E-state index in [1.807, 2.05) is 21.1 Å². The zero-order valence-electron chi connectivity index (χ0n) is 46.1. The number of esters is 2. The second kappa shape index (κ2) is 50.9. The molecule has 0 aliphatic rings. The van der Waals surface area contributed by atoms with Crippen LogP contribution in [-0.4, -0.2) is 74.9 Å². The van der Waals surface area contributed by atoms with Crippen molar-refractivity contribution in [3.63, 3.8) is 0 Å². The lowest BCUT2D eigenvalue weighted by Crippen LogP contribution is -2.37. The molecule has 0 heterocycles. The minimum atomic E-state index is -4.38. The van der Waals surface area contributed by atoms with Crippen molar-refractivity contribution in [1.29, 1.82) is 0 Å². The molecule has 0 fully saturated rings.